The van der Waals surface area contributed by atoms with E-state index in [4.69, 9.17) is 4.74 Å². The Labute approximate surface area is 126 Å². The fraction of sp³-hybridized carbons (Fsp3) is 0.158. The molecule has 0 fully saturated rings. The summed E-state index contributed by atoms with van der Waals surface area (Å²) in [6, 6.07) is 19.8. The number of benzene rings is 3. The third kappa shape index (κ3) is 1.76. The van der Waals surface area contributed by atoms with Crippen molar-refractivity contribution in [2.75, 3.05) is 7.11 Å². The smallest absolute Gasteiger partial charge is 0.189 e. The molecular formula is C19H17OS+. The lowest BCUT2D eigenvalue weighted by molar-refractivity contribution is 0.415. The summed E-state index contributed by atoms with van der Waals surface area (Å²) in [5.74, 6) is 2.09. The lowest BCUT2D eigenvalue weighted by Gasteiger charge is -2.02. The van der Waals surface area contributed by atoms with Crippen molar-refractivity contribution in [3.8, 4) is 5.75 Å². The van der Waals surface area contributed by atoms with E-state index >= 15 is 0 Å². The minimum absolute atomic E-state index is 0.192. The maximum Gasteiger partial charge on any atom is 0.189 e. The van der Waals surface area contributed by atoms with E-state index in [1.165, 1.54) is 30.9 Å². The first kappa shape index (κ1) is 12.7. The van der Waals surface area contributed by atoms with Gasteiger partial charge in [0, 0.05) is 16.2 Å². The minimum atomic E-state index is 0.192. The topological polar surface area (TPSA) is 9.23 Å². The van der Waals surface area contributed by atoms with Gasteiger partial charge in [0.1, 0.15) is 11.5 Å². The van der Waals surface area contributed by atoms with Crippen molar-refractivity contribution in [3.05, 3.63) is 54.6 Å². The lowest BCUT2D eigenvalue weighted by atomic mass is 10.1. The standard InChI is InChI=1S/C19H17OS/c1-3-21-18-7-5-4-6-16(18)17-10-8-13-12-14(20-2)9-11-15(13)19(17)21/h4-12H,3H2,1-2H3/q+1. The van der Waals surface area contributed by atoms with Crippen molar-refractivity contribution in [3.63, 3.8) is 0 Å². The molecule has 0 bridgehead atoms. The Morgan fingerprint density at radius 2 is 1.71 bits per heavy atom. The van der Waals surface area contributed by atoms with Gasteiger partial charge in [0.05, 0.1) is 7.11 Å². The molecular weight excluding hydrogens is 276 g/mol. The number of hydrogen-bond acceptors (Lipinski definition) is 1. The Morgan fingerprint density at radius 1 is 0.905 bits per heavy atom. The summed E-state index contributed by atoms with van der Waals surface area (Å²) in [6.45, 7) is 2.29. The summed E-state index contributed by atoms with van der Waals surface area (Å²) in [6.07, 6.45) is 0. The van der Waals surface area contributed by atoms with Crippen molar-refractivity contribution in [1.29, 1.82) is 0 Å². The molecule has 0 aliphatic carbocycles. The van der Waals surface area contributed by atoms with Gasteiger partial charge < -0.3 is 4.74 Å². The SMILES string of the molecule is CC[s+]1c2ccccc2c2ccc3cc(OC)ccc3c21. The lowest BCUT2D eigenvalue weighted by Crippen LogP contribution is -1.82. The third-order valence-electron chi connectivity index (χ3n) is 4.16. The Kier molecular flexibility index (Phi) is 2.86. The average Bonchev–Trinajstić information content (AvgIpc) is 2.88. The molecule has 4 aromatic rings. The first-order valence-electron chi connectivity index (χ1n) is 7.24. The number of aryl methyl sites for hydroxylation is 1. The molecule has 4 rings (SSSR count). The van der Waals surface area contributed by atoms with Gasteiger partial charge in [-0.15, -0.1) is 0 Å². The van der Waals surface area contributed by atoms with E-state index in [9.17, 15) is 0 Å². The second-order valence-corrected chi connectivity index (χ2v) is 7.41. The van der Waals surface area contributed by atoms with Crippen molar-refractivity contribution in [2.24, 2.45) is 0 Å². The van der Waals surface area contributed by atoms with Gasteiger partial charge >= 0.3 is 0 Å². The van der Waals surface area contributed by atoms with Gasteiger partial charge in [0.15, 0.2) is 9.40 Å². The highest BCUT2D eigenvalue weighted by molar-refractivity contribution is 7.43. The molecule has 0 aliphatic rings. The normalized spacial score (nSPS) is 12.4. The first-order valence-corrected chi connectivity index (χ1v) is 8.64. The number of ether oxygens (including phenoxy) is 1. The fourth-order valence-electron chi connectivity index (χ4n) is 3.20. The zero-order valence-corrected chi connectivity index (χ0v) is 13.0. The van der Waals surface area contributed by atoms with E-state index in [-0.39, 0.29) is 10.5 Å². The average molecular weight is 293 g/mol. The van der Waals surface area contributed by atoms with Gasteiger partial charge in [-0.05, 0) is 59.2 Å². The molecule has 1 nitrogen and oxygen atoms in total. The molecule has 0 radical (unpaired) electrons. The first-order chi connectivity index (χ1) is 10.3. The van der Waals surface area contributed by atoms with E-state index in [2.05, 4.69) is 61.5 Å². The van der Waals surface area contributed by atoms with Crippen LogP contribution >= 0.6 is 10.5 Å². The Morgan fingerprint density at radius 3 is 2.52 bits per heavy atom. The molecule has 0 amide bonds. The van der Waals surface area contributed by atoms with Gasteiger partial charge in [0.2, 0.25) is 0 Å². The summed E-state index contributed by atoms with van der Waals surface area (Å²) >= 11 is 0. The van der Waals surface area contributed by atoms with Crippen molar-refractivity contribution >= 4 is 41.4 Å². The molecule has 0 saturated heterocycles. The number of methoxy groups -OCH3 is 1. The largest absolute Gasteiger partial charge is 0.497 e. The predicted molar refractivity (Wildman–Crippen MR) is 93.7 cm³/mol. The molecule has 21 heavy (non-hydrogen) atoms. The monoisotopic (exact) mass is 293 g/mol. The summed E-state index contributed by atoms with van der Waals surface area (Å²) < 4.78 is 8.37. The van der Waals surface area contributed by atoms with Crippen LogP contribution in [0.1, 0.15) is 6.92 Å². The van der Waals surface area contributed by atoms with Crippen LogP contribution in [0.4, 0.5) is 0 Å². The predicted octanol–water partition coefficient (Wildman–Crippen LogP) is 5.92. The molecule has 0 spiro atoms. The van der Waals surface area contributed by atoms with E-state index in [1.54, 1.807) is 7.11 Å². The molecule has 0 saturated carbocycles. The molecule has 3 aromatic carbocycles. The van der Waals surface area contributed by atoms with Crippen LogP contribution in [0.3, 0.4) is 0 Å². The van der Waals surface area contributed by atoms with Gasteiger partial charge in [-0.3, -0.25) is 0 Å². The van der Waals surface area contributed by atoms with Crippen LogP contribution in [0, 0.1) is 0 Å². The van der Waals surface area contributed by atoms with Crippen LogP contribution in [0.15, 0.2) is 54.6 Å². The van der Waals surface area contributed by atoms with Gasteiger partial charge in [-0.1, -0.05) is 18.2 Å². The van der Waals surface area contributed by atoms with Crippen LogP contribution in [0.5, 0.6) is 5.75 Å². The summed E-state index contributed by atoms with van der Waals surface area (Å²) in [4.78, 5) is 0. The molecule has 0 N–H and O–H groups in total. The molecule has 2 heteroatoms. The Bertz CT molecular complexity index is 965. The molecule has 1 heterocycles. The highest BCUT2D eigenvalue weighted by Crippen LogP contribution is 2.46. The molecule has 104 valence electrons. The minimum Gasteiger partial charge on any atom is -0.497 e. The van der Waals surface area contributed by atoms with E-state index in [1.807, 2.05) is 0 Å². The maximum atomic E-state index is 5.36. The van der Waals surface area contributed by atoms with Crippen LogP contribution in [0.25, 0.3) is 30.9 Å². The van der Waals surface area contributed by atoms with E-state index in [0.29, 0.717) is 0 Å². The Balaban J connectivity index is 2.24. The molecule has 0 aliphatic heterocycles. The molecule has 1 atom stereocenters. The number of rotatable bonds is 2. The van der Waals surface area contributed by atoms with Crippen molar-refractivity contribution < 1.29 is 4.74 Å². The second kappa shape index (κ2) is 4.74. The summed E-state index contributed by atoms with van der Waals surface area (Å²) in [7, 11) is 1.92. The van der Waals surface area contributed by atoms with Crippen molar-refractivity contribution in [1.82, 2.24) is 0 Å². The van der Waals surface area contributed by atoms with Gasteiger partial charge in [0.25, 0.3) is 0 Å². The van der Waals surface area contributed by atoms with Crippen LogP contribution in [-0.4, -0.2) is 7.11 Å². The molecule has 1 unspecified atom stereocenters. The number of fused-ring (bicyclic) bond motifs is 5. The fourth-order valence-corrected chi connectivity index (χ4v) is 5.60. The quantitative estimate of drug-likeness (QED) is 0.417. The van der Waals surface area contributed by atoms with Gasteiger partial charge in [-0.2, -0.15) is 0 Å². The highest BCUT2D eigenvalue weighted by Gasteiger charge is 2.21. The molecule has 1 aromatic heterocycles. The zero-order chi connectivity index (χ0) is 14.4. The van der Waals surface area contributed by atoms with Crippen LogP contribution < -0.4 is 4.74 Å². The maximum absolute atomic E-state index is 5.36. The number of thiophene rings is 1. The van der Waals surface area contributed by atoms with Crippen molar-refractivity contribution in [2.45, 2.75) is 12.7 Å². The summed E-state index contributed by atoms with van der Waals surface area (Å²) in [5, 5.41) is 5.46. The van der Waals surface area contributed by atoms with E-state index in [0.717, 1.165) is 11.5 Å². The van der Waals surface area contributed by atoms with Crippen LogP contribution in [-0.2, 0) is 5.75 Å². The summed E-state index contributed by atoms with van der Waals surface area (Å²) in [5.41, 5.74) is 0. The van der Waals surface area contributed by atoms with Gasteiger partial charge in [-0.25, -0.2) is 0 Å². The second-order valence-electron chi connectivity index (χ2n) is 5.20. The van der Waals surface area contributed by atoms with E-state index < -0.39 is 0 Å². The third-order valence-corrected chi connectivity index (χ3v) is 6.55. The zero-order valence-electron chi connectivity index (χ0n) is 12.2. The van der Waals surface area contributed by atoms with Crippen LogP contribution in [0.2, 0.25) is 0 Å². The number of hydrogen-bond donors (Lipinski definition) is 0. The highest BCUT2D eigenvalue weighted by atomic mass is 32.2. The Hall–Kier alpha value is -2.06.